The van der Waals surface area contributed by atoms with Crippen LogP contribution in [0.1, 0.15) is 41.9 Å². The number of hydrogen-bond donors (Lipinski definition) is 5. The molecule has 4 aromatic rings. The minimum atomic E-state index is -0.833. The lowest BCUT2D eigenvalue weighted by Crippen LogP contribution is -2.24. The third-order valence-electron chi connectivity index (χ3n) is 5.75. The second-order valence-corrected chi connectivity index (χ2v) is 8.55. The monoisotopic (exact) mass is 532 g/mol. The van der Waals surface area contributed by atoms with Crippen molar-refractivity contribution in [2.75, 3.05) is 12.4 Å². The molecule has 6 N–H and O–H groups in total. The number of benzene rings is 2. The summed E-state index contributed by atoms with van der Waals surface area (Å²) >= 11 is 0. The predicted octanol–water partition coefficient (Wildman–Crippen LogP) is 2.22. The SMILES string of the molecule is CC(=O)O.COC1CCc2ccc(C(Nc3ccc(C(=N)N)cc3)c3nn(-c4ncccn4)c(=O)[nH]3)cc2O1. The summed E-state index contributed by atoms with van der Waals surface area (Å²) < 4.78 is 12.5. The number of aryl methyl sites for hydroxylation is 1. The van der Waals surface area contributed by atoms with Crippen molar-refractivity contribution >= 4 is 17.5 Å². The molecule has 2 atom stereocenters. The summed E-state index contributed by atoms with van der Waals surface area (Å²) in [7, 11) is 1.62. The molecule has 0 spiro atoms. The number of fused-ring (bicyclic) bond motifs is 1. The molecule has 2 aromatic heterocycles. The molecule has 0 bridgehead atoms. The Kier molecular flexibility index (Phi) is 8.31. The Hall–Kier alpha value is -5.04. The molecule has 3 heterocycles. The number of nitrogens with zero attached hydrogens (tertiary/aromatic N) is 4. The number of nitrogens with one attached hydrogen (secondary N) is 3. The number of nitrogen functional groups attached to an aromatic ring is 1. The zero-order valence-electron chi connectivity index (χ0n) is 21.3. The fourth-order valence-corrected chi connectivity index (χ4v) is 3.94. The molecule has 0 radical (unpaired) electrons. The summed E-state index contributed by atoms with van der Waals surface area (Å²) in [6.07, 6.45) is 4.40. The summed E-state index contributed by atoms with van der Waals surface area (Å²) in [6, 6.07) is 14.2. The van der Waals surface area contributed by atoms with Crippen molar-refractivity contribution in [3.05, 3.63) is 93.9 Å². The Bertz CT molecular complexity index is 1500. The van der Waals surface area contributed by atoms with Crippen LogP contribution in [-0.2, 0) is 16.0 Å². The lowest BCUT2D eigenvalue weighted by atomic mass is 9.99. The van der Waals surface area contributed by atoms with Gasteiger partial charge in [0.15, 0.2) is 12.1 Å². The third kappa shape index (κ3) is 6.64. The standard InChI is InChI=1S/C24H24N8O3.C2H4O2/c1-34-19-10-7-14-3-4-16(13-18(14)35-19)20(29-17-8-5-15(6-9-17)21(25)26)22-30-24(33)32(31-22)23-27-11-2-12-28-23;1-2(3)4/h2-6,8-9,11-13,19-20,29H,7,10H2,1H3,(H3,25,26)(H,30,31,33);1H3,(H,3,4). The molecule has 0 aliphatic carbocycles. The number of hydrogen-bond acceptors (Lipinski definition) is 9. The number of methoxy groups -OCH3 is 1. The summed E-state index contributed by atoms with van der Waals surface area (Å²) in [6.45, 7) is 1.08. The molecular formula is C26H28N8O5. The smallest absolute Gasteiger partial charge is 0.350 e. The highest BCUT2D eigenvalue weighted by molar-refractivity contribution is 5.95. The molecule has 0 fully saturated rings. The van der Waals surface area contributed by atoms with Gasteiger partial charge in [0, 0.05) is 44.1 Å². The maximum atomic E-state index is 12.7. The lowest BCUT2D eigenvalue weighted by molar-refractivity contribution is -0.134. The van der Waals surface area contributed by atoms with Crippen molar-refractivity contribution in [1.29, 1.82) is 5.41 Å². The van der Waals surface area contributed by atoms with E-state index in [1.54, 1.807) is 37.7 Å². The largest absolute Gasteiger partial charge is 0.481 e. The fraction of sp³-hybridized carbons (Fsp3) is 0.231. The van der Waals surface area contributed by atoms with E-state index in [4.69, 9.17) is 30.5 Å². The number of carboxylic acid groups (broad SMARTS) is 1. The number of aromatic nitrogens is 5. The van der Waals surface area contributed by atoms with Crippen LogP contribution in [-0.4, -0.2) is 55.0 Å². The van der Waals surface area contributed by atoms with Gasteiger partial charge >= 0.3 is 5.69 Å². The Morgan fingerprint density at radius 2 is 1.95 bits per heavy atom. The number of carboxylic acids is 1. The number of ether oxygens (including phenoxy) is 2. The van der Waals surface area contributed by atoms with Crippen LogP contribution in [0.3, 0.4) is 0 Å². The third-order valence-corrected chi connectivity index (χ3v) is 5.75. The lowest BCUT2D eigenvalue weighted by Gasteiger charge is -2.26. The van der Waals surface area contributed by atoms with Crippen LogP contribution in [0, 0.1) is 5.41 Å². The number of anilines is 1. The van der Waals surface area contributed by atoms with E-state index in [0.717, 1.165) is 47.0 Å². The van der Waals surface area contributed by atoms with Crippen LogP contribution in [0.15, 0.2) is 65.7 Å². The average Bonchev–Trinajstić information content (AvgIpc) is 3.32. The average molecular weight is 533 g/mol. The molecule has 1 aliphatic rings. The van der Waals surface area contributed by atoms with Gasteiger partial charge in [-0.1, -0.05) is 12.1 Å². The van der Waals surface area contributed by atoms with E-state index >= 15 is 0 Å². The number of rotatable bonds is 7. The molecule has 2 aromatic carbocycles. The Labute approximate surface area is 223 Å². The molecule has 0 saturated heterocycles. The van der Waals surface area contributed by atoms with Crippen molar-refractivity contribution in [2.45, 2.75) is 32.1 Å². The van der Waals surface area contributed by atoms with E-state index in [1.807, 2.05) is 30.3 Å². The number of carbonyl (C=O) groups is 1. The summed E-state index contributed by atoms with van der Waals surface area (Å²) in [4.78, 5) is 32.8. The maximum Gasteiger partial charge on any atom is 0.350 e. The van der Waals surface area contributed by atoms with Gasteiger partial charge in [-0.15, -0.1) is 9.78 Å². The molecule has 5 rings (SSSR count). The Balaban J connectivity index is 0.000000826. The highest BCUT2D eigenvalue weighted by atomic mass is 16.7. The van der Waals surface area contributed by atoms with Crippen LogP contribution >= 0.6 is 0 Å². The van der Waals surface area contributed by atoms with Gasteiger partial charge in [-0.05, 0) is 53.9 Å². The maximum absolute atomic E-state index is 12.7. The van der Waals surface area contributed by atoms with E-state index in [-0.39, 0.29) is 18.1 Å². The quantitative estimate of drug-likeness (QED) is 0.174. The van der Waals surface area contributed by atoms with Crippen molar-refractivity contribution in [2.24, 2.45) is 5.73 Å². The van der Waals surface area contributed by atoms with Crippen LogP contribution in [0.5, 0.6) is 5.75 Å². The van der Waals surface area contributed by atoms with Gasteiger partial charge in [-0.3, -0.25) is 15.2 Å². The first-order valence-corrected chi connectivity index (χ1v) is 11.9. The number of amidine groups is 1. The van der Waals surface area contributed by atoms with Gasteiger partial charge < -0.3 is 25.6 Å². The normalized spacial score (nSPS) is 14.7. The fourth-order valence-electron chi connectivity index (χ4n) is 3.94. The molecule has 1 aliphatic heterocycles. The number of aliphatic carboxylic acids is 1. The summed E-state index contributed by atoms with van der Waals surface area (Å²) in [5, 5.41) is 22.9. The molecule has 2 unspecified atom stereocenters. The van der Waals surface area contributed by atoms with Crippen molar-refractivity contribution in [1.82, 2.24) is 24.7 Å². The number of H-pyrrole nitrogens is 1. The van der Waals surface area contributed by atoms with E-state index < -0.39 is 17.7 Å². The molecular weight excluding hydrogens is 504 g/mol. The van der Waals surface area contributed by atoms with E-state index in [9.17, 15) is 4.79 Å². The highest BCUT2D eigenvalue weighted by Crippen LogP contribution is 2.33. The van der Waals surface area contributed by atoms with E-state index in [0.29, 0.717) is 11.4 Å². The van der Waals surface area contributed by atoms with Gasteiger partial charge in [-0.25, -0.2) is 14.8 Å². The van der Waals surface area contributed by atoms with Gasteiger partial charge in [-0.2, -0.15) is 0 Å². The van der Waals surface area contributed by atoms with Crippen molar-refractivity contribution < 1.29 is 19.4 Å². The first-order valence-electron chi connectivity index (χ1n) is 11.9. The van der Waals surface area contributed by atoms with Gasteiger partial charge in [0.1, 0.15) is 17.6 Å². The van der Waals surface area contributed by atoms with Crippen molar-refractivity contribution in [3.8, 4) is 11.7 Å². The van der Waals surface area contributed by atoms with E-state index in [2.05, 4.69) is 25.4 Å². The second kappa shape index (κ2) is 12.0. The highest BCUT2D eigenvalue weighted by Gasteiger charge is 2.25. The topological polar surface area (TPSA) is 194 Å². The zero-order valence-corrected chi connectivity index (χ0v) is 21.3. The van der Waals surface area contributed by atoms with Crippen LogP contribution in [0.4, 0.5) is 5.69 Å². The molecule has 202 valence electrons. The number of aromatic amines is 1. The molecule has 13 nitrogen and oxygen atoms in total. The minimum absolute atomic E-state index is 0.0152. The first-order chi connectivity index (χ1) is 18.7. The van der Waals surface area contributed by atoms with Crippen LogP contribution < -0.4 is 21.5 Å². The molecule has 0 amide bonds. The molecule has 13 heteroatoms. The Morgan fingerprint density at radius 3 is 2.59 bits per heavy atom. The van der Waals surface area contributed by atoms with Gasteiger partial charge in [0.05, 0.1) is 0 Å². The second-order valence-electron chi connectivity index (χ2n) is 8.55. The first kappa shape index (κ1) is 27.0. The minimum Gasteiger partial charge on any atom is -0.481 e. The zero-order chi connectivity index (χ0) is 27.9. The molecule has 0 saturated carbocycles. The van der Waals surface area contributed by atoms with Gasteiger partial charge in [0.2, 0.25) is 0 Å². The van der Waals surface area contributed by atoms with Crippen molar-refractivity contribution in [3.63, 3.8) is 0 Å². The molecule has 39 heavy (non-hydrogen) atoms. The summed E-state index contributed by atoms with van der Waals surface area (Å²) in [5.74, 6) is 0.421. The summed E-state index contributed by atoms with van der Waals surface area (Å²) in [5.41, 5.74) is 8.40. The van der Waals surface area contributed by atoms with Crippen LogP contribution in [0.25, 0.3) is 5.95 Å². The Morgan fingerprint density at radius 1 is 1.26 bits per heavy atom. The number of nitrogens with two attached hydrogens (primary N) is 1. The van der Waals surface area contributed by atoms with Gasteiger partial charge in [0.25, 0.3) is 11.9 Å². The van der Waals surface area contributed by atoms with Crippen LogP contribution in [0.2, 0.25) is 0 Å². The van der Waals surface area contributed by atoms with E-state index in [1.165, 1.54) is 0 Å². The predicted molar refractivity (Wildman–Crippen MR) is 142 cm³/mol.